The molecule has 3 N–H and O–H groups in total. The summed E-state index contributed by atoms with van der Waals surface area (Å²) in [5.41, 5.74) is 0.644. The number of pyridine rings is 1. The highest BCUT2D eigenvalue weighted by atomic mass is 127. The fraction of sp³-hybridized carbons (Fsp3) is 0.389. The molecule has 2 aromatic rings. The van der Waals surface area contributed by atoms with E-state index in [1.165, 1.54) is 22.4 Å². The Morgan fingerprint density at radius 3 is 2.69 bits per heavy atom. The van der Waals surface area contributed by atoms with E-state index in [1.807, 2.05) is 22.6 Å². The van der Waals surface area contributed by atoms with Crippen molar-refractivity contribution in [3.63, 3.8) is 0 Å². The molecule has 0 amide bonds. The van der Waals surface area contributed by atoms with E-state index in [9.17, 15) is 22.7 Å². The van der Waals surface area contributed by atoms with Gasteiger partial charge in [-0.1, -0.05) is 0 Å². The van der Waals surface area contributed by atoms with Crippen LogP contribution in [0.2, 0.25) is 0 Å². The third-order valence-electron chi connectivity index (χ3n) is 5.30. The quantitative estimate of drug-likeness (QED) is 0.478. The molecular weight excluding hydrogens is 532 g/mol. The highest BCUT2D eigenvalue weighted by Crippen LogP contribution is 2.46. The summed E-state index contributed by atoms with van der Waals surface area (Å²) in [6.45, 7) is 1.58. The van der Waals surface area contributed by atoms with Crippen molar-refractivity contribution in [2.24, 2.45) is 0 Å². The number of anilines is 3. The molecule has 156 valence electrons. The van der Waals surface area contributed by atoms with Crippen LogP contribution in [-0.2, 0) is 16.6 Å². The topological polar surface area (TPSA) is 100 Å². The number of hydrogen-bond donors (Lipinski definition) is 3. The van der Waals surface area contributed by atoms with Crippen LogP contribution < -0.4 is 15.6 Å². The Bertz CT molecular complexity index is 1160. The van der Waals surface area contributed by atoms with Gasteiger partial charge < -0.3 is 15.0 Å². The molecule has 1 saturated carbocycles. The third-order valence-corrected chi connectivity index (χ3v) is 9.20. The number of nitrogens with zero attached hydrogens (tertiary/aromatic N) is 1. The minimum atomic E-state index is -3.90. The fourth-order valence-corrected chi connectivity index (χ4v) is 6.39. The molecule has 1 fully saturated rings. The minimum Gasteiger partial charge on any atom is -0.395 e. The maximum atomic E-state index is 14.4. The summed E-state index contributed by atoms with van der Waals surface area (Å²) in [5, 5.41) is 13.0. The summed E-state index contributed by atoms with van der Waals surface area (Å²) in [5.74, 6) is 0.128. The van der Waals surface area contributed by atoms with Crippen molar-refractivity contribution in [3.8, 4) is 0 Å². The molecule has 0 radical (unpaired) electrons. The van der Waals surface area contributed by atoms with Crippen LogP contribution in [0, 0.1) is 16.3 Å². The second-order valence-corrected chi connectivity index (χ2v) is 11.6. The van der Waals surface area contributed by atoms with Gasteiger partial charge >= 0.3 is 0 Å². The van der Waals surface area contributed by atoms with E-state index in [2.05, 4.69) is 10.0 Å². The second kappa shape index (κ2) is 7.43. The van der Waals surface area contributed by atoms with Crippen LogP contribution in [0.5, 0.6) is 0 Å². The number of hydrogen-bond acceptors (Lipinski definition) is 6. The molecule has 0 atom stereocenters. The molecule has 0 bridgehead atoms. The number of rotatable bonds is 6. The van der Waals surface area contributed by atoms with Crippen LogP contribution in [0.3, 0.4) is 0 Å². The molecule has 2 heterocycles. The predicted molar refractivity (Wildman–Crippen MR) is 120 cm³/mol. The molecule has 2 aliphatic rings. The molecule has 1 aliphatic heterocycles. The van der Waals surface area contributed by atoms with Crippen LogP contribution in [0.1, 0.15) is 18.4 Å². The highest BCUT2D eigenvalue weighted by molar-refractivity contribution is 14.1. The Hall–Kier alpha value is -1.31. The van der Waals surface area contributed by atoms with Crippen molar-refractivity contribution in [2.45, 2.75) is 36.1 Å². The van der Waals surface area contributed by atoms with Gasteiger partial charge in [0.25, 0.3) is 5.56 Å². The van der Waals surface area contributed by atoms with Crippen molar-refractivity contribution in [1.82, 2.24) is 4.57 Å². The van der Waals surface area contributed by atoms with Gasteiger partial charge in [-0.15, -0.1) is 11.8 Å². The summed E-state index contributed by atoms with van der Waals surface area (Å²) in [6, 6.07) is 4.61. The molecule has 0 unspecified atom stereocenters. The average Bonchev–Trinajstić information content (AvgIpc) is 3.34. The SMILES string of the molecule is Cc1c(Nc2ccc(I)cc2F)c(NS(=O)(=O)C2(CO)CC2)c2n(c1=O)CCS2. The number of benzene rings is 1. The molecule has 29 heavy (non-hydrogen) atoms. The zero-order chi connectivity index (χ0) is 21.0. The molecule has 0 spiro atoms. The van der Waals surface area contributed by atoms with Gasteiger partial charge in [-0.2, -0.15) is 0 Å². The van der Waals surface area contributed by atoms with E-state index in [0.29, 0.717) is 39.3 Å². The zero-order valence-corrected chi connectivity index (χ0v) is 19.2. The Balaban J connectivity index is 1.86. The number of halogens is 2. The van der Waals surface area contributed by atoms with Crippen LogP contribution in [-0.4, -0.2) is 35.2 Å². The lowest BCUT2D eigenvalue weighted by Gasteiger charge is -2.22. The van der Waals surface area contributed by atoms with E-state index >= 15 is 0 Å². The number of aliphatic hydroxyl groups excluding tert-OH is 1. The molecular formula is C18H19FIN3O4S2. The lowest BCUT2D eigenvalue weighted by Crippen LogP contribution is -2.34. The lowest BCUT2D eigenvalue weighted by atomic mass is 10.2. The monoisotopic (exact) mass is 551 g/mol. The summed E-state index contributed by atoms with van der Waals surface area (Å²) in [6.07, 6.45) is 0.739. The third kappa shape index (κ3) is 3.55. The Labute approximate surface area is 185 Å². The van der Waals surface area contributed by atoms with Gasteiger partial charge in [0.1, 0.15) is 21.3 Å². The van der Waals surface area contributed by atoms with Crippen molar-refractivity contribution in [1.29, 1.82) is 0 Å². The van der Waals surface area contributed by atoms with Crippen molar-refractivity contribution < 1.29 is 17.9 Å². The van der Waals surface area contributed by atoms with Crippen LogP contribution in [0.25, 0.3) is 0 Å². The highest BCUT2D eigenvalue weighted by Gasteiger charge is 2.54. The van der Waals surface area contributed by atoms with Gasteiger partial charge in [-0.3, -0.25) is 9.52 Å². The summed E-state index contributed by atoms with van der Waals surface area (Å²) in [4.78, 5) is 12.8. The second-order valence-electron chi connectivity index (χ2n) is 7.18. The molecule has 4 rings (SSSR count). The van der Waals surface area contributed by atoms with Gasteiger partial charge in [-0.25, -0.2) is 12.8 Å². The first-order valence-corrected chi connectivity index (χ1v) is 12.5. The van der Waals surface area contributed by atoms with Crippen LogP contribution in [0.4, 0.5) is 21.5 Å². The minimum absolute atomic E-state index is 0.143. The van der Waals surface area contributed by atoms with E-state index in [0.717, 1.165) is 0 Å². The van der Waals surface area contributed by atoms with E-state index in [-0.39, 0.29) is 22.6 Å². The summed E-state index contributed by atoms with van der Waals surface area (Å²) >= 11 is 3.36. The number of aliphatic hydroxyl groups is 1. The fourth-order valence-electron chi connectivity index (χ4n) is 3.29. The van der Waals surface area contributed by atoms with Crippen molar-refractivity contribution in [2.75, 3.05) is 22.4 Å². The number of nitrogens with one attached hydrogen (secondary N) is 2. The molecule has 11 heteroatoms. The number of aromatic nitrogens is 1. The maximum Gasteiger partial charge on any atom is 0.256 e. The Kier molecular flexibility index (Phi) is 5.37. The molecule has 1 aromatic heterocycles. The van der Waals surface area contributed by atoms with Crippen molar-refractivity contribution in [3.05, 3.63) is 43.5 Å². The first-order chi connectivity index (χ1) is 13.7. The molecule has 0 saturated heterocycles. The van der Waals surface area contributed by atoms with Gasteiger partial charge in [-0.05, 0) is 60.6 Å². The zero-order valence-electron chi connectivity index (χ0n) is 15.5. The van der Waals surface area contributed by atoms with Crippen LogP contribution in [0.15, 0.2) is 28.0 Å². The lowest BCUT2D eigenvalue weighted by molar-refractivity contribution is 0.284. The van der Waals surface area contributed by atoms with Gasteiger partial charge in [0, 0.05) is 21.4 Å². The number of fused-ring (bicyclic) bond motifs is 1. The van der Waals surface area contributed by atoms with Crippen molar-refractivity contribution >= 4 is 61.4 Å². The molecule has 7 nitrogen and oxygen atoms in total. The Morgan fingerprint density at radius 2 is 2.07 bits per heavy atom. The van der Waals surface area contributed by atoms with E-state index < -0.39 is 27.2 Å². The molecule has 1 aliphatic carbocycles. The first kappa shape index (κ1) is 20.9. The number of thioether (sulfide) groups is 1. The van der Waals surface area contributed by atoms with E-state index in [1.54, 1.807) is 19.1 Å². The van der Waals surface area contributed by atoms with Gasteiger partial charge in [0.15, 0.2) is 0 Å². The maximum absolute atomic E-state index is 14.4. The standard InChI is InChI=1S/C18H19FIN3O4S2/c1-10-14(21-13-3-2-11(20)8-12(13)19)15(17-23(16(10)25)6-7-28-17)22-29(26,27)18(9-24)4-5-18/h2-3,8,21-22,24H,4-7,9H2,1H3. The average molecular weight is 551 g/mol. The Morgan fingerprint density at radius 1 is 1.34 bits per heavy atom. The number of sulfonamides is 1. The summed E-state index contributed by atoms with van der Waals surface area (Å²) in [7, 11) is -3.90. The van der Waals surface area contributed by atoms with E-state index in [4.69, 9.17) is 0 Å². The normalized spacial score (nSPS) is 17.1. The first-order valence-electron chi connectivity index (χ1n) is 8.94. The predicted octanol–water partition coefficient (Wildman–Crippen LogP) is 3.02. The summed E-state index contributed by atoms with van der Waals surface area (Å²) < 4.78 is 44.0. The van der Waals surface area contributed by atoms with Gasteiger partial charge in [0.2, 0.25) is 10.0 Å². The smallest absolute Gasteiger partial charge is 0.256 e. The molecule has 1 aromatic carbocycles. The largest absolute Gasteiger partial charge is 0.395 e. The van der Waals surface area contributed by atoms with Gasteiger partial charge in [0.05, 0.1) is 18.0 Å². The van der Waals surface area contributed by atoms with Crippen LogP contribution >= 0.6 is 34.4 Å².